The largest absolute Gasteiger partial charge is 0.339 e. The Hall–Kier alpha value is -1.20. The Bertz CT molecular complexity index is 566. The highest BCUT2D eigenvalue weighted by molar-refractivity contribution is 9.10. The molecule has 2 N–H and O–H groups in total. The summed E-state index contributed by atoms with van der Waals surface area (Å²) in [5.74, 6) is 1.32. The second kappa shape index (κ2) is 6.50. The summed E-state index contributed by atoms with van der Waals surface area (Å²) in [6, 6.07) is 7.88. The quantitative estimate of drug-likeness (QED) is 0.870. The molecule has 1 aromatic carbocycles. The number of benzene rings is 1. The molecule has 2 aromatic rings. The van der Waals surface area contributed by atoms with E-state index in [2.05, 4.69) is 39.9 Å². The van der Waals surface area contributed by atoms with Crippen LogP contribution >= 0.6 is 15.9 Å². The van der Waals surface area contributed by atoms with Gasteiger partial charge in [0.1, 0.15) is 0 Å². The SMILES string of the molecule is CC(C)(CCN)CCc1nc(-c2cccc(Br)c2)no1. The van der Waals surface area contributed by atoms with Crippen molar-refractivity contribution >= 4 is 15.9 Å². The van der Waals surface area contributed by atoms with E-state index in [4.69, 9.17) is 10.3 Å². The van der Waals surface area contributed by atoms with E-state index in [9.17, 15) is 0 Å². The Balaban J connectivity index is 2.03. The molecule has 0 saturated heterocycles. The molecule has 2 rings (SSSR count). The second-order valence-corrected chi connectivity index (χ2v) is 6.64. The first-order valence-electron chi connectivity index (χ1n) is 6.79. The molecule has 108 valence electrons. The van der Waals surface area contributed by atoms with Gasteiger partial charge < -0.3 is 10.3 Å². The van der Waals surface area contributed by atoms with Gasteiger partial charge in [0.15, 0.2) is 0 Å². The van der Waals surface area contributed by atoms with E-state index >= 15 is 0 Å². The maximum Gasteiger partial charge on any atom is 0.226 e. The van der Waals surface area contributed by atoms with Gasteiger partial charge in [0.05, 0.1) is 0 Å². The number of aromatic nitrogens is 2. The van der Waals surface area contributed by atoms with E-state index in [0.29, 0.717) is 18.3 Å². The van der Waals surface area contributed by atoms with E-state index in [-0.39, 0.29) is 5.41 Å². The van der Waals surface area contributed by atoms with Crippen molar-refractivity contribution in [1.82, 2.24) is 10.1 Å². The Morgan fingerprint density at radius 3 is 2.80 bits per heavy atom. The van der Waals surface area contributed by atoms with Crippen molar-refractivity contribution < 1.29 is 4.52 Å². The zero-order valence-corrected chi connectivity index (χ0v) is 13.5. The molecule has 0 aliphatic heterocycles. The normalized spacial score (nSPS) is 11.8. The maximum absolute atomic E-state index is 5.62. The molecule has 0 spiro atoms. The van der Waals surface area contributed by atoms with Crippen LogP contribution in [0, 0.1) is 5.41 Å². The molecule has 0 aliphatic carbocycles. The average Bonchev–Trinajstić information content (AvgIpc) is 2.85. The monoisotopic (exact) mass is 337 g/mol. The molecule has 0 fully saturated rings. The minimum absolute atomic E-state index is 0.207. The van der Waals surface area contributed by atoms with Crippen molar-refractivity contribution in [3.63, 3.8) is 0 Å². The van der Waals surface area contributed by atoms with E-state index in [1.54, 1.807) is 0 Å². The molecule has 0 atom stereocenters. The van der Waals surface area contributed by atoms with Gasteiger partial charge in [-0.15, -0.1) is 0 Å². The van der Waals surface area contributed by atoms with Crippen LogP contribution in [0.2, 0.25) is 0 Å². The van der Waals surface area contributed by atoms with Crippen molar-refractivity contribution in [2.75, 3.05) is 6.54 Å². The van der Waals surface area contributed by atoms with Crippen molar-refractivity contribution in [1.29, 1.82) is 0 Å². The third kappa shape index (κ3) is 4.15. The van der Waals surface area contributed by atoms with Gasteiger partial charge in [0.2, 0.25) is 11.7 Å². The number of nitrogens with zero attached hydrogens (tertiary/aromatic N) is 2. The summed E-state index contributed by atoms with van der Waals surface area (Å²) in [6.07, 6.45) is 2.78. The lowest BCUT2D eigenvalue weighted by Gasteiger charge is -2.22. The number of hydrogen-bond donors (Lipinski definition) is 1. The zero-order valence-electron chi connectivity index (χ0n) is 11.9. The number of aryl methyl sites for hydroxylation is 1. The highest BCUT2D eigenvalue weighted by atomic mass is 79.9. The number of rotatable bonds is 6. The molecule has 0 saturated carbocycles. The molecule has 0 radical (unpaired) electrons. The number of nitrogens with two attached hydrogens (primary N) is 1. The van der Waals surface area contributed by atoms with Crippen LogP contribution in [0.3, 0.4) is 0 Å². The van der Waals surface area contributed by atoms with Gasteiger partial charge in [0, 0.05) is 16.5 Å². The van der Waals surface area contributed by atoms with Crippen LogP contribution in [0.25, 0.3) is 11.4 Å². The first kappa shape index (κ1) is 15.2. The average molecular weight is 338 g/mol. The molecular formula is C15H20BrN3O. The number of halogens is 1. The molecule has 20 heavy (non-hydrogen) atoms. The predicted molar refractivity (Wildman–Crippen MR) is 83.2 cm³/mol. The fraction of sp³-hybridized carbons (Fsp3) is 0.467. The van der Waals surface area contributed by atoms with Gasteiger partial charge in [-0.3, -0.25) is 0 Å². The van der Waals surface area contributed by atoms with Crippen molar-refractivity contribution in [3.8, 4) is 11.4 Å². The lowest BCUT2D eigenvalue weighted by molar-refractivity contribution is 0.289. The molecule has 0 amide bonds. The van der Waals surface area contributed by atoms with Crippen LogP contribution in [-0.2, 0) is 6.42 Å². The van der Waals surface area contributed by atoms with Crippen LogP contribution in [0.15, 0.2) is 33.3 Å². The lowest BCUT2D eigenvalue weighted by atomic mass is 9.84. The Kier molecular flexibility index (Phi) is 4.94. The van der Waals surface area contributed by atoms with Crippen molar-refractivity contribution in [3.05, 3.63) is 34.6 Å². The van der Waals surface area contributed by atoms with E-state index in [0.717, 1.165) is 29.3 Å². The first-order valence-corrected chi connectivity index (χ1v) is 7.58. The second-order valence-electron chi connectivity index (χ2n) is 5.72. The molecule has 1 aromatic heterocycles. The molecule has 0 aliphatic rings. The highest BCUT2D eigenvalue weighted by Gasteiger charge is 2.18. The highest BCUT2D eigenvalue weighted by Crippen LogP contribution is 2.27. The fourth-order valence-electron chi connectivity index (χ4n) is 2.06. The van der Waals surface area contributed by atoms with Gasteiger partial charge in [-0.05, 0) is 36.9 Å². The smallest absolute Gasteiger partial charge is 0.226 e. The van der Waals surface area contributed by atoms with Crippen molar-refractivity contribution in [2.24, 2.45) is 11.1 Å². The number of hydrogen-bond acceptors (Lipinski definition) is 4. The predicted octanol–water partition coefficient (Wildman–Crippen LogP) is 3.81. The molecule has 0 bridgehead atoms. The van der Waals surface area contributed by atoms with Gasteiger partial charge in [-0.25, -0.2) is 0 Å². The van der Waals surface area contributed by atoms with Gasteiger partial charge in [-0.1, -0.05) is 47.1 Å². The van der Waals surface area contributed by atoms with E-state index in [1.807, 2.05) is 24.3 Å². The summed E-state index contributed by atoms with van der Waals surface area (Å²) in [4.78, 5) is 4.45. The summed E-state index contributed by atoms with van der Waals surface area (Å²) >= 11 is 3.44. The molecule has 4 nitrogen and oxygen atoms in total. The molecule has 0 unspecified atom stereocenters. The molecule has 5 heteroatoms. The zero-order chi connectivity index (χ0) is 14.6. The van der Waals surface area contributed by atoms with Gasteiger partial charge in [-0.2, -0.15) is 4.98 Å². The summed E-state index contributed by atoms with van der Waals surface area (Å²) in [5, 5.41) is 4.04. The van der Waals surface area contributed by atoms with Crippen LogP contribution < -0.4 is 5.73 Å². The Morgan fingerprint density at radius 1 is 1.30 bits per heavy atom. The summed E-state index contributed by atoms with van der Waals surface area (Å²) < 4.78 is 6.33. The van der Waals surface area contributed by atoms with Gasteiger partial charge >= 0.3 is 0 Å². The van der Waals surface area contributed by atoms with Crippen molar-refractivity contribution in [2.45, 2.75) is 33.1 Å². The summed E-state index contributed by atoms with van der Waals surface area (Å²) in [7, 11) is 0. The van der Waals surface area contributed by atoms with E-state index < -0.39 is 0 Å². The fourth-order valence-corrected chi connectivity index (χ4v) is 2.46. The standard InChI is InChI=1S/C15H20BrN3O/c1-15(2,8-9-17)7-6-13-18-14(19-20-13)11-4-3-5-12(16)10-11/h3-5,10H,6-9,17H2,1-2H3. The third-order valence-corrected chi connectivity index (χ3v) is 3.88. The van der Waals surface area contributed by atoms with Crippen LogP contribution in [0.4, 0.5) is 0 Å². The molecular weight excluding hydrogens is 318 g/mol. The Morgan fingerprint density at radius 2 is 2.10 bits per heavy atom. The lowest BCUT2D eigenvalue weighted by Crippen LogP contribution is -2.17. The van der Waals surface area contributed by atoms with Gasteiger partial charge in [0.25, 0.3) is 0 Å². The Labute approximate surface area is 127 Å². The minimum atomic E-state index is 0.207. The third-order valence-electron chi connectivity index (χ3n) is 3.39. The van der Waals surface area contributed by atoms with Crippen LogP contribution in [0.5, 0.6) is 0 Å². The summed E-state index contributed by atoms with van der Waals surface area (Å²) in [6.45, 7) is 5.14. The summed E-state index contributed by atoms with van der Waals surface area (Å²) in [5.41, 5.74) is 6.78. The minimum Gasteiger partial charge on any atom is -0.339 e. The maximum atomic E-state index is 5.62. The van der Waals surface area contributed by atoms with Crippen LogP contribution in [0.1, 0.15) is 32.6 Å². The first-order chi connectivity index (χ1) is 9.50. The van der Waals surface area contributed by atoms with Crippen LogP contribution in [-0.4, -0.2) is 16.7 Å². The molecule has 1 heterocycles. The van der Waals surface area contributed by atoms with E-state index in [1.165, 1.54) is 0 Å². The topological polar surface area (TPSA) is 64.9 Å².